The van der Waals surface area contributed by atoms with E-state index in [2.05, 4.69) is 13.0 Å². The number of aryl methyl sites for hydroxylation is 1. The summed E-state index contributed by atoms with van der Waals surface area (Å²) in [7, 11) is 1.40. The lowest BCUT2D eigenvalue weighted by molar-refractivity contribution is -0.150. The molecule has 3 rings (SSSR count). The Kier molecular flexibility index (Phi) is 5.14. The molecule has 0 spiro atoms. The fourth-order valence-electron chi connectivity index (χ4n) is 4.86. The number of aliphatic hydroxyl groups excluding tert-OH is 1. The number of benzene rings is 1. The maximum atomic E-state index is 12.1. The number of fused-ring (bicyclic) bond motifs is 3. The average Bonchev–Trinajstić information content (AvgIpc) is 2.63. The van der Waals surface area contributed by atoms with Crippen molar-refractivity contribution in [1.29, 1.82) is 0 Å². The monoisotopic (exact) mass is 332 g/mol. The molecule has 5 atom stereocenters. The molecular formula is C20H28O4. The van der Waals surface area contributed by atoms with Gasteiger partial charge in [-0.2, -0.15) is 0 Å². The van der Waals surface area contributed by atoms with Crippen LogP contribution in [0.25, 0.3) is 0 Å². The lowest BCUT2D eigenvalue weighted by atomic mass is 9.67. The lowest BCUT2D eigenvalue weighted by Gasteiger charge is -2.37. The highest BCUT2D eigenvalue weighted by atomic mass is 16.5. The van der Waals surface area contributed by atoms with Gasteiger partial charge in [0.25, 0.3) is 0 Å². The minimum absolute atomic E-state index is 0.283. The van der Waals surface area contributed by atoms with Crippen molar-refractivity contribution in [3.8, 4) is 5.75 Å². The van der Waals surface area contributed by atoms with Gasteiger partial charge in [-0.25, -0.2) is 0 Å². The molecule has 4 nitrogen and oxygen atoms in total. The summed E-state index contributed by atoms with van der Waals surface area (Å²) in [5.41, 5.74) is 2.61. The van der Waals surface area contributed by atoms with Crippen LogP contribution < -0.4 is 0 Å². The van der Waals surface area contributed by atoms with E-state index in [0.717, 1.165) is 25.7 Å². The molecule has 0 aliphatic heterocycles. The van der Waals surface area contributed by atoms with Crippen molar-refractivity contribution in [3.63, 3.8) is 0 Å². The van der Waals surface area contributed by atoms with Gasteiger partial charge in [0.2, 0.25) is 0 Å². The van der Waals surface area contributed by atoms with Crippen molar-refractivity contribution in [1.82, 2.24) is 0 Å². The van der Waals surface area contributed by atoms with E-state index < -0.39 is 12.0 Å². The fourth-order valence-corrected chi connectivity index (χ4v) is 4.86. The number of phenols is 1. The Morgan fingerprint density at radius 1 is 1.25 bits per heavy atom. The first-order chi connectivity index (χ1) is 11.5. The highest BCUT2D eigenvalue weighted by Gasteiger charge is 2.38. The molecule has 0 aromatic heterocycles. The van der Waals surface area contributed by atoms with Gasteiger partial charge >= 0.3 is 5.97 Å². The summed E-state index contributed by atoms with van der Waals surface area (Å²) in [6.45, 7) is 2.21. The van der Waals surface area contributed by atoms with Gasteiger partial charge in [-0.05, 0) is 73.1 Å². The van der Waals surface area contributed by atoms with E-state index in [9.17, 15) is 15.0 Å². The SMILES string of the molecule is COC(=O)[C@H]1C[C@H](C)[C@@H]2CCc3cc(O)ccc3[C@H]2CCC[C@H]1O. The molecule has 1 aromatic rings. The first-order valence-electron chi connectivity index (χ1n) is 9.09. The van der Waals surface area contributed by atoms with Crippen LogP contribution in [-0.4, -0.2) is 29.4 Å². The highest BCUT2D eigenvalue weighted by molar-refractivity contribution is 5.73. The predicted octanol–water partition coefficient (Wildman–Crippen LogP) is 3.40. The van der Waals surface area contributed by atoms with Gasteiger partial charge in [-0.3, -0.25) is 4.79 Å². The van der Waals surface area contributed by atoms with Crippen LogP contribution >= 0.6 is 0 Å². The van der Waals surface area contributed by atoms with Crippen LogP contribution in [0.2, 0.25) is 0 Å². The van der Waals surface area contributed by atoms with Crippen molar-refractivity contribution in [2.45, 2.75) is 57.5 Å². The van der Waals surface area contributed by atoms with Crippen LogP contribution in [-0.2, 0) is 16.0 Å². The first-order valence-corrected chi connectivity index (χ1v) is 9.09. The van der Waals surface area contributed by atoms with Gasteiger partial charge in [0, 0.05) is 0 Å². The minimum Gasteiger partial charge on any atom is -0.508 e. The van der Waals surface area contributed by atoms with Gasteiger partial charge in [0.15, 0.2) is 0 Å². The molecule has 1 saturated carbocycles. The number of esters is 1. The molecule has 2 aliphatic carbocycles. The van der Waals surface area contributed by atoms with E-state index in [1.54, 1.807) is 6.07 Å². The maximum absolute atomic E-state index is 12.1. The Hall–Kier alpha value is -1.55. The van der Waals surface area contributed by atoms with Crippen LogP contribution in [0.3, 0.4) is 0 Å². The van der Waals surface area contributed by atoms with Crippen LogP contribution in [0.1, 0.15) is 56.1 Å². The molecule has 1 aromatic carbocycles. The number of phenolic OH excluding ortho intramolecular Hbond substituents is 1. The third kappa shape index (κ3) is 3.30. The predicted molar refractivity (Wildman–Crippen MR) is 91.8 cm³/mol. The molecule has 0 radical (unpaired) electrons. The second-order valence-corrected chi connectivity index (χ2v) is 7.53. The molecule has 0 saturated heterocycles. The summed E-state index contributed by atoms with van der Waals surface area (Å²) < 4.78 is 4.92. The number of aliphatic hydroxyl groups is 1. The number of ether oxygens (including phenoxy) is 1. The van der Waals surface area contributed by atoms with E-state index in [1.807, 2.05) is 6.07 Å². The van der Waals surface area contributed by atoms with Crippen LogP contribution in [0, 0.1) is 17.8 Å². The molecule has 0 heterocycles. The number of hydrogen-bond donors (Lipinski definition) is 2. The third-order valence-corrected chi connectivity index (χ3v) is 6.13. The van der Waals surface area contributed by atoms with Crippen molar-refractivity contribution < 1.29 is 19.7 Å². The van der Waals surface area contributed by atoms with Crippen molar-refractivity contribution in [2.75, 3.05) is 7.11 Å². The van der Waals surface area contributed by atoms with Crippen molar-refractivity contribution >= 4 is 5.97 Å². The van der Waals surface area contributed by atoms with Crippen molar-refractivity contribution in [2.24, 2.45) is 17.8 Å². The van der Waals surface area contributed by atoms with Gasteiger partial charge in [0.05, 0.1) is 19.1 Å². The molecule has 0 bridgehead atoms. The molecule has 24 heavy (non-hydrogen) atoms. The zero-order chi connectivity index (χ0) is 17.3. The summed E-state index contributed by atoms with van der Waals surface area (Å²) >= 11 is 0. The Balaban J connectivity index is 1.88. The summed E-state index contributed by atoms with van der Waals surface area (Å²) in [5, 5.41) is 20.2. The molecule has 2 aliphatic rings. The Morgan fingerprint density at radius 2 is 2.04 bits per heavy atom. The van der Waals surface area contributed by atoms with Crippen molar-refractivity contribution in [3.05, 3.63) is 29.3 Å². The number of rotatable bonds is 1. The number of carbonyl (C=O) groups is 1. The maximum Gasteiger partial charge on any atom is 0.311 e. The smallest absolute Gasteiger partial charge is 0.311 e. The van der Waals surface area contributed by atoms with Gasteiger partial charge < -0.3 is 14.9 Å². The minimum atomic E-state index is -0.612. The molecule has 4 heteroatoms. The van der Waals surface area contributed by atoms with Crippen LogP contribution in [0.15, 0.2) is 18.2 Å². The van der Waals surface area contributed by atoms with Crippen LogP contribution in [0.4, 0.5) is 0 Å². The Labute approximate surface area is 143 Å². The highest BCUT2D eigenvalue weighted by Crippen LogP contribution is 2.46. The first kappa shape index (κ1) is 17.3. The summed E-state index contributed by atoms with van der Waals surface area (Å²) in [5.74, 6) is 0.963. The van der Waals surface area contributed by atoms with E-state index >= 15 is 0 Å². The van der Waals surface area contributed by atoms with Crippen LogP contribution in [0.5, 0.6) is 5.75 Å². The van der Waals surface area contributed by atoms with Gasteiger partial charge in [-0.15, -0.1) is 0 Å². The van der Waals surface area contributed by atoms with Gasteiger partial charge in [-0.1, -0.05) is 19.4 Å². The number of hydrogen-bond acceptors (Lipinski definition) is 4. The normalized spacial score (nSPS) is 33.4. The Bertz CT molecular complexity index is 597. The standard InChI is InChI=1S/C20H28O4/c1-12-10-18(20(23)24-2)19(22)5-3-4-17-15(12)8-6-13-11-14(21)7-9-16(13)17/h7,9,11-12,15,17-19,21-22H,3-6,8,10H2,1-2H3/t12-,15-,17-,18-,19+/m0/s1. The number of aromatic hydroxyl groups is 1. The van der Waals surface area contributed by atoms with E-state index in [1.165, 1.54) is 18.2 Å². The molecule has 1 fully saturated rings. The molecular weight excluding hydrogens is 304 g/mol. The lowest BCUT2D eigenvalue weighted by Crippen LogP contribution is -2.33. The average molecular weight is 332 g/mol. The zero-order valence-electron chi connectivity index (χ0n) is 14.6. The van der Waals surface area contributed by atoms with E-state index in [-0.39, 0.29) is 5.97 Å². The number of carbonyl (C=O) groups excluding carboxylic acids is 1. The third-order valence-electron chi connectivity index (χ3n) is 6.13. The Morgan fingerprint density at radius 3 is 2.79 bits per heavy atom. The second-order valence-electron chi connectivity index (χ2n) is 7.53. The summed E-state index contributed by atoms with van der Waals surface area (Å²) in [6, 6.07) is 5.75. The summed E-state index contributed by atoms with van der Waals surface area (Å²) in [4.78, 5) is 12.1. The molecule has 0 amide bonds. The fraction of sp³-hybridized carbons (Fsp3) is 0.650. The zero-order valence-corrected chi connectivity index (χ0v) is 14.6. The van der Waals surface area contributed by atoms with E-state index in [4.69, 9.17) is 4.74 Å². The largest absolute Gasteiger partial charge is 0.508 e. The van der Waals surface area contributed by atoms with Gasteiger partial charge in [0.1, 0.15) is 5.75 Å². The second kappa shape index (κ2) is 7.14. The molecule has 132 valence electrons. The summed E-state index contributed by atoms with van der Waals surface area (Å²) in [6.07, 6.45) is 4.69. The topological polar surface area (TPSA) is 66.8 Å². The quantitative estimate of drug-likeness (QED) is 0.774. The molecule has 0 unspecified atom stereocenters. The number of methoxy groups -OCH3 is 1. The van der Waals surface area contributed by atoms with E-state index in [0.29, 0.717) is 36.3 Å². The molecule has 2 N–H and O–H groups in total.